The van der Waals surface area contributed by atoms with Crippen LogP contribution in [-0.4, -0.2) is 61.0 Å². The van der Waals surface area contributed by atoms with Crippen molar-refractivity contribution in [2.45, 2.75) is 45.7 Å². The molecule has 0 saturated carbocycles. The lowest BCUT2D eigenvalue weighted by Gasteiger charge is -2.32. The largest absolute Gasteiger partial charge is 0.343 e. The smallest absolute Gasteiger partial charge is 0.219 e. The van der Waals surface area contributed by atoms with Crippen LogP contribution in [0.5, 0.6) is 0 Å². The Morgan fingerprint density at radius 3 is 2.47 bits per heavy atom. The van der Waals surface area contributed by atoms with Gasteiger partial charge in [-0.15, -0.1) is 0 Å². The molecule has 100 valence electrons. The molecule has 4 nitrogen and oxygen atoms in total. The van der Waals surface area contributed by atoms with E-state index in [0.29, 0.717) is 12.1 Å². The fourth-order valence-corrected chi connectivity index (χ4v) is 2.10. The van der Waals surface area contributed by atoms with Crippen LogP contribution in [0.25, 0.3) is 0 Å². The van der Waals surface area contributed by atoms with Gasteiger partial charge in [-0.25, -0.2) is 0 Å². The number of piperidine rings is 1. The van der Waals surface area contributed by atoms with Gasteiger partial charge in [0, 0.05) is 45.2 Å². The molecule has 1 saturated heterocycles. The summed E-state index contributed by atoms with van der Waals surface area (Å²) in [6.07, 6.45) is 2.18. The monoisotopic (exact) mass is 241 g/mol. The highest BCUT2D eigenvalue weighted by atomic mass is 16.2. The van der Waals surface area contributed by atoms with Crippen LogP contribution in [0.3, 0.4) is 0 Å². The lowest BCUT2D eigenvalue weighted by atomic mass is 10.1. The molecule has 0 aliphatic carbocycles. The Morgan fingerprint density at radius 1 is 1.41 bits per heavy atom. The number of amides is 1. The molecule has 4 heteroatoms. The van der Waals surface area contributed by atoms with Crippen LogP contribution in [0.4, 0.5) is 0 Å². The third-order valence-electron chi connectivity index (χ3n) is 3.72. The second kappa shape index (κ2) is 6.97. The summed E-state index contributed by atoms with van der Waals surface area (Å²) in [5.74, 6) is 0.211. The Morgan fingerprint density at radius 2 is 2.00 bits per heavy atom. The van der Waals surface area contributed by atoms with Crippen LogP contribution in [0.1, 0.15) is 33.6 Å². The van der Waals surface area contributed by atoms with Crippen molar-refractivity contribution >= 4 is 5.91 Å². The second-order valence-electron chi connectivity index (χ2n) is 5.31. The molecule has 17 heavy (non-hydrogen) atoms. The number of likely N-dealkylation sites (tertiary alicyclic amines) is 1. The molecule has 1 aliphatic rings. The summed E-state index contributed by atoms with van der Waals surface area (Å²) in [6.45, 7) is 10.0. The highest BCUT2D eigenvalue weighted by Crippen LogP contribution is 2.10. The molecule has 1 aliphatic heterocycles. The van der Waals surface area contributed by atoms with Crippen molar-refractivity contribution in [2.24, 2.45) is 0 Å². The van der Waals surface area contributed by atoms with E-state index in [4.69, 9.17) is 0 Å². The van der Waals surface area contributed by atoms with Crippen molar-refractivity contribution in [1.29, 1.82) is 0 Å². The topological polar surface area (TPSA) is 35.6 Å². The molecule has 0 spiro atoms. The maximum atomic E-state index is 11.2. The summed E-state index contributed by atoms with van der Waals surface area (Å²) < 4.78 is 0. The number of carbonyl (C=O) groups is 1. The van der Waals surface area contributed by atoms with Crippen molar-refractivity contribution in [3.63, 3.8) is 0 Å². The molecule has 0 bridgehead atoms. The average Bonchev–Trinajstić information content (AvgIpc) is 2.29. The van der Waals surface area contributed by atoms with Crippen molar-refractivity contribution < 1.29 is 4.79 Å². The number of carbonyl (C=O) groups excluding carboxylic acids is 1. The summed E-state index contributed by atoms with van der Waals surface area (Å²) >= 11 is 0. The van der Waals surface area contributed by atoms with Gasteiger partial charge in [-0.05, 0) is 33.7 Å². The van der Waals surface area contributed by atoms with E-state index in [1.807, 2.05) is 4.90 Å². The van der Waals surface area contributed by atoms with Crippen LogP contribution in [0.2, 0.25) is 0 Å². The van der Waals surface area contributed by atoms with Crippen LogP contribution in [-0.2, 0) is 4.79 Å². The Balaban J connectivity index is 2.12. The van der Waals surface area contributed by atoms with E-state index in [2.05, 4.69) is 31.1 Å². The van der Waals surface area contributed by atoms with Gasteiger partial charge >= 0.3 is 0 Å². The van der Waals surface area contributed by atoms with Gasteiger partial charge in [-0.3, -0.25) is 4.79 Å². The zero-order valence-corrected chi connectivity index (χ0v) is 11.7. The lowest BCUT2D eigenvalue weighted by Crippen LogP contribution is -2.46. The lowest BCUT2D eigenvalue weighted by molar-refractivity contribution is -0.129. The van der Waals surface area contributed by atoms with Crippen LogP contribution in [0.15, 0.2) is 0 Å². The first kappa shape index (κ1) is 14.5. The van der Waals surface area contributed by atoms with Crippen molar-refractivity contribution in [1.82, 2.24) is 15.1 Å². The zero-order valence-electron chi connectivity index (χ0n) is 11.7. The summed E-state index contributed by atoms with van der Waals surface area (Å²) in [7, 11) is 2.16. The molecule has 1 rings (SSSR count). The number of nitrogens with one attached hydrogen (secondary N) is 1. The summed E-state index contributed by atoms with van der Waals surface area (Å²) in [6, 6.07) is 1.20. The highest BCUT2D eigenvalue weighted by Gasteiger charge is 2.19. The van der Waals surface area contributed by atoms with Crippen LogP contribution in [0, 0.1) is 0 Å². The number of hydrogen-bond acceptors (Lipinski definition) is 3. The van der Waals surface area contributed by atoms with Gasteiger partial charge in [0.2, 0.25) is 5.91 Å². The second-order valence-corrected chi connectivity index (χ2v) is 5.31. The Kier molecular flexibility index (Phi) is 5.92. The van der Waals surface area contributed by atoms with E-state index in [1.165, 1.54) is 0 Å². The molecule has 0 radical (unpaired) electrons. The summed E-state index contributed by atoms with van der Waals surface area (Å²) in [5, 5.41) is 3.59. The molecule has 0 unspecified atom stereocenters. The standard InChI is InChI=1S/C13H27N3O/c1-11(2)15(4)10-7-14-13-5-8-16(9-6-13)12(3)17/h11,13-14H,5-10H2,1-4H3. The molecule has 1 fully saturated rings. The summed E-state index contributed by atoms with van der Waals surface area (Å²) in [5.41, 5.74) is 0. The normalized spacial score (nSPS) is 18.1. The van der Waals surface area contributed by atoms with E-state index in [0.717, 1.165) is 39.0 Å². The first-order chi connectivity index (χ1) is 8.00. The SMILES string of the molecule is CC(=O)N1CCC(NCCN(C)C(C)C)CC1. The zero-order chi connectivity index (χ0) is 12.8. The minimum atomic E-state index is 0.211. The van der Waals surface area contributed by atoms with Crippen LogP contribution < -0.4 is 5.32 Å². The van der Waals surface area contributed by atoms with Gasteiger partial charge < -0.3 is 15.1 Å². The average molecular weight is 241 g/mol. The van der Waals surface area contributed by atoms with Crippen LogP contribution >= 0.6 is 0 Å². The molecule has 1 N–H and O–H groups in total. The molecule has 0 aromatic heterocycles. The fraction of sp³-hybridized carbons (Fsp3) is 0.923. The molecular weight excluding hydrogens is 214 g/mol. The Labute approximate surface area is 105 Å². The minimum Gasteiger partial charge on any atom is -0.343 e. The van der Waals surface area contributed by atoms with Crippen molar-refractivity contribution in [3.8, 4) is 0 Å². The highest BCUT2D eigenvalue weighted by molar-refractivity contribution is 5.73. The van der Waals surface area contributed by atoms with Crippen molar-refractivity contribution in [2.75, 3.05) is 33.2 Å². The van der Waals surface area contributed by atoms with Crippen molar-refractivity contribution in [3.05, 3.63) is 0 Å². The molecule has 1 amide bonds. The number of hydrogen-bond donors (Lipinski definition) is 1. The molecule has 0 aromatic carbocycles. The maximum Gasteiger partial charge on any atom is 0.219 e. The van der Waals surface area contributed by atoms with Gasteiger partial charge in [0.1, 0.15) is 0 Å². The number of nitrogens with zero attached hydrogens (tertiary/aromatic N) is 2. The predicted octanol–water partition coefficient (Wildman–Crippen LogP) is 0.927. The molecule has 0 aromatic rings. The minimum absolute atomic E-state index is 0.211. The molecular formula is C13H27N3O. The maximum absolute atomic E-state index is 11.2. The number of likely N-dealkylation sites (N-methyl/N-ethyl adjacent to an activating group) is 1. The number of rotatable bonds is 5. The van der Waals surface area contributed by atoms with E-state index < -0.39 is 0 Å². The first-order valence-electron chi connectivity index (χ1n) is 6.70. The van der Waals surface area contributed by atoms with Gasteiger partial charge in [0.25, 0.3) is 0 Å². The third-order valence-corrected chi connectivity index (χ3v) is 3.72. The van der Waals surface area contributed by atoms with Gasteiger partial charge in [-0.1, -0.05) is 0 Å². The quantitative estimate of drug-likeness (QED) is 0.778. The van der Waals surface area contributed by atoms with Gasteiger partial charge in [0.05, 0.1) is 0 Å². The van der Waals surface area contributed by atoms with E-state index in [-0.39, 0.29) is 5.91 Å². The first-order valence-corrected chi connectivity index (χ1v) is 6.70. The van der Waals surface area contributed by atoms with E-state index in [1.54, 1.807) is 6.92 Å². The predicted molar refractivity (Wildman–Crippen MR) is 71.0 cm³/mol. The van der Waals surface area contributed by atoms with Gasteiger partial charge in [-0.2, -0.15) is 0 Å². The fourth-order valence-electron chi connectivity index (χ4n) is 2.10. The molecule has 1 heterocycles. The van der Waals surface area contributed by atoms with E-state index in [9.17, 15) is 4.79 Å². The van der Waals surface area contributed by atoms with Gasteiger partial charge in [0.15, 0.2) is 0 Å². The Bertz CT molecular complexity index is 235. The summed E-state index contributed by atoms with van der Waals surface area (Å²) in [4.78, 5) is 15.5. The Hall–Kier alpha value is -0.610. The third kappa shape index (κ3) is 5.04. The molecule has 0 atom stereocenters. The van der Waals surface area contributed by atoms with E-state index >= 15 is 0 Å².